The lowest BCUT2D eigenvalue weighted by molar-refractivity contribution is 0.199. The van der Waals surface area contributed by atoms with Gasteiger partial charge in [-0.2, -0.15) is 0 Å². The van der Waals surface area contributed by atoms with E-state index < -0.39 is 0 Å². The Morgan fingerprint density at radius 3 is 3.00 bits per heavy atom. The van der Waals surface area contributed by atoms with Crippen molar-refractivity contribution < 1.29 is 4.74 Å². The van der Waals surface area contributed by atoms with Crippen LogP contribution in [0.1, 0.15) is 23.5 Å². The molecule has 1 N–H and O–H groups in total. The minimum absolute atomic E-state index is 0.788. The molecule has 1 aromatic rings. The van der Waals surface area contributed by atoms with E-state index in [1.165, 1.54) is 12.8 Å². The SMILES string of the molecule is COCCNCCC1Cc2ccccc21. The van der Waals surface area contributed by atoms with Crippen LogP contribution in [0.2, 0.25) is 0 Å². The Kier molecular flexibility index (Phi) is 3.75. The average molecular weight is 205 g/mol. The summed E-state index contributed by atoms with van der Waals surface area (Å²) in [5.74, 6) is 0.788. The molecule has 1 atom stereocenters. The van der Waals surface area contributed by atoms with E-state index in [1.54, 1.807) is 18.2 Å². The van der Waals surface area contributed by atoms with E-state index in [1.807, 2.05) is 0 Å². The standard InChI is InChI=1S/C13H19NO/c1-15-9-8-14-7-6-12-10-11-4-2-3-5-13(11)12/h2-5,12,14H,6-10H2,1H3. The molecule has 2 heteroatoms. The fourth-order valence-electron chi connectivity index (χ4n) is 2.20. The highest BCUT2D eigenvalue weighted by Crippen LogP contribution is 2.36. The summed E-state index contributed by atoms with van der Waals surface area (Å²) in [6, 6.07) is 8.78. The van der Waals surface area contributed by atoms with Gasteiger partial charge in [-0.3, -0.25) is 0 Å². The third-order valence-electron chi connectivity index (χ3n) is 3.11. The number of nitrogens with one attached hydrogen (secondary N) is 1. The van der Waals surface area contributed by atoms with Crippen LogP contribution in [0.4, 0.5) is 0 Å². The molecule has 0 heterocycles. The van der Waals surface area contributed by atoms with Crippen molar-refractivity contribution in [3.8, 4) is 0 Å². The molecule has 0 aliphatic heterocycles. The van der Waals surface area contributed by atoms with E-state index in [-0.39, 0.29) is 0 Å². The quantitative estimate of drug-likeness (QED) is 0.717. The maximum atomic E-state index is 4.98. The van der Waals surface area contributed by atoms with Crippen molar-refractivity contribution in [2.24, 2.45) is 0 Å². The third kappa shape index (κ3) is 2.58. The fraction of sp³-hybridized carbons (Fsp3) is 0.538. The Morgan fingerprint density at radius 2 is 2.20 bits per heavy atom. The van der Waals surface area contributed by atoms with E-state index in [9.17, 15) is 0 Å². The van der Waals surface area contributed by atoms with Gasteiger partial charge in [-0.25, -0.2) is 0 Å². The molecule has 82 valence electrons. The van der Waals surface area contributed by atoms with Crippen LogP contribution in [0.15, 0.2) is 24.3 Å². The largest absolute Gasteiger partial charge is 0.383 e. The summed E-state index contributed by atoms with van der Waals surface area (Å²) in [6.45, 7) is 2.87. The third-order valence-corrected chi connectivity index (χ3v) is 3.11. The molecule has 15 heavy (non-hydrogen) atoms. The molecule has 0 saturated heterocycles. The first kappa shape index (κ1) is 10.7. The van der Waals surface area contributed by atoms with Gasteiger partial charge >= 0.3 is 0 Å². The van der Waals surface area contributed by atoms with Crippen LogP contribution in [-0.4, -0.2) is 26.8 Å². The molecule has 1 aromatic carbocycles. The first-order valence-electron chi connectivity index (χ1n) is 5.69. The Bertz CT molecular complexity index is 311. The van der Waals surface area contributed by atoms with Gasteiger partial charge in [0.05, 0.1) is 6.61 Å². The summed E-state index contributed by atoms with van der Waals surface area (Å²) in [5.41, 5.74) is 3.10. The lowest BCUT2D eigenvalue weighted by atomic mass is 9.76. The maximum Gasteiger partial charge on any atom is 0.0587 e. The minimum Gasteiger partial charge on any atom is -0.383 e. The van der Waals surface area contributed by atoms with Crippen molar-refractivity contribution >= 4 is 0 Å². The number of fused-ring (bicyclic) bond motifs is 1. The van der Waals surface area contributed by atoms with Gasteiger partial charge in [0.2, 0.25) is 0 Å². The first-order valence-corrected chi connectivity index (χ1v) is 5.69. The van der Waals surface area contributed by atoms with Crippen LogP contribution >= 0.6 is 0 Å². The number of hydrogen-bond acceptors (Lipinski definition) is 2. The van der Waals surface area contributed by atoms with Crippen LogP contribution in [0, 0.1) is 0 Å². The highest BCUT2D eigenvalue weighted by atomic mass is 16.5. The van der Waals surface area contributed by atoms with Gasteiger partial charge in [0, 0.05) is 13.7 Å². The highest BCUT2D eigenvalue weighted by Gasteiger charge is 2.24. The molecule has 0 radical (unpaired) electrons. The summed E-state index contributed by atoms with van der Waals surface area (Å²) >= 11 is 0. The molecule has 0 bridgehead atoms. The summed E-state index contributed by atoms with van der Waals surface area (Å²) < 4.78 is 4.98. The second-order valence-electron chi connectivity index (χ2n) is 4.13. The summed E-state index contributed by atoms with van der Waals surface area (Å²) in [4.78, 5) is 0. The first-order chi connectivity index (χ1) is 7.42. The van der Waals surface area contributed by atoms with Gasteiger partial charge in [-0.05, 0) is 36.4 Å². The van der Waals surface area contributed by atoms with Gasteiger partial charge in [0.25, 0.3) is 0 Å². The van der Waals surface area contributed by atoms with Gasteiger partial charge in [0.15, 0.2) is 0 Å². The van der Waals surface area contributed by atoms with E-state index in [2.05, 4.69) is 29.6 Å². The van der Waals surface area contributed by atoms with E-state index in [0.717, 1.165) is 25.6 Å². The zero-order chi connectivity index (χ0) is 10.5. The summed E-state index contributed by atoms with van der Waals surface area (Å²) in [6.07, 6.45) is 2.52. The van der Waals surface area contributed by atoms with Crippen molar-refractivity contribution in [2.75, 3.05) is 26.8 Å². The maximum absolute atomic E-state index is 4.98. The van der Waals surface area contributed by atoms with E-state index >= 15 is 0 Å². The molecule has 2 rings (SSSR count). The van der Waals surface area contributed by atoms with Crippen LogP contribution in [0.5, 0.6) is 0 Å². The monoisotopic (exact) mass is 205 g/mol. The highest BCUT2D eigenvalue weighted by molar-refractivity contribution is 5.39. The second kappa shape index (κ2) is 5.29. The topological polar surface area (TPSA) is 21.3 Å². The zero-order valence-electron chi connectivity index (χ0n) is 9.33. The molecule has 1 aliphatic carbocycles. The average Bonchev–Trinajstić information content (AvgIpc) is 2.24. The van der Waals surface area contributed by atoms with Crippen LogP contribution < -0.4 is 5.32 Å². The van der Waals surface area contributed by atoms with Crippen molar-refractivity contribution in [3.05, 3.63) is 35.4 Å². The van der Waals surface area contributed by atoms with Crippen LogP contribution in [-0.2, 0) is 11.2 Å². The van der Waals surface area contributed by atoms with Crippen LogP contribution in [0.25, 0.3) is 0 Å². The molecular formula is C13H19NO. The minimum atomic E-state index is 0.788. The number of rotatable bonds is 6. The Labute approximate surface area is 91.6 Å². The predicted molar refractivity (Wildman–Crippen MR) is 62.2 cm³/mol. The lowest BCUT2D eigenvalue weighted by Gasteiger charge is -2.30. The van der Waals surface area contributed by atoms with Crippen molar-refractivity contribution in [1.29, 1.82) is 0 Å². The molecule has 1 aliphatic rings. The predicted octanol–water partition coefficient (Wildman–Crippen LogP) is 1.95. The van der Waals surface area contributed by atoms with Gasteiger partial charge < -0.3 is 10.1 Å². The van der Waals surface area contributed by atoms with Crippen LogP contribution in [0.3, 0.4) is 0 Å². The molecule has 1 unspecified atom stereocenters. The van der Waals surface area contributed by atoms with Crippen molar-refractivity contribution in [3.63, 3.8) is 0 Å². The molecule has 0 spiro atoms. The molecule has 2 nitrogen and oxygen atoms in total. The zero-order valence-corrected chi connectivity index (χ0v) is 9.33. The number of benzene rings is 1. The number of ether oxygens (including phenoxy) is 1. The molecule has 0 amide bonds. The van der Waals surface area contributed by atoms with Crippen molar-refractivity contribution in [1.82, 2.24) is 5.32 Å². The van der Waals surface area contributed by atoms with Gasteiger partial charge in [-0.1, -0.05) is 24.3 Å². The Hall–Kier alpha value is -0.860. The molecule has 0 saturated carbocycles. The van der Waals surface area contributed by atoms with E-state index in [0.29, 0.717) is 0 Å². The number of methoxy groups -OCH3 is 1. The second-order valence-corrected chi connectivity index (χ2v) is 4.13. The van der Waals surface area contributed by atoms with Crippen molar-refractivity contribution in [2.45, 2.75) is 18.8 Å². The summed E-state index contributed by atoms with van der Waals surface area (Å²) in [7, 11) is 1.74. The summed E-state index contributed by atoms with van der Waals surface area (Å²) in [5, 5.41) is 3.39. The normalized spacial score (nSPS) is 18.3. The van der Waals surface area contributed by atoms with Gasteiger partial charge in [0.1, 0.15) is 0 Å². The lowest BCUT2D eigenvalue weighted by Crippen LogP contribution is -2.25. The molecular weight excluding hydrogens is 186 g/mol. The van der Waals surface area contributed by atoms with E-state index in [4.69, 9.17) is 4.74 Å². The smallest absolute Gasteiger partial charge is 0.0587 e. The Morgan fingerprint density at radius 1 is 1.33 bits per heavy atom. The fourth-order valence-corrected chi connectivity index (χ4v) is 2.20. The number of hydrogen-bond donors (Lipinski definition) is 1. The molecule has 0 fully saturated rings. The molecule has 0 aromatic heterocycles. The van der Waals surface area contributed by atoms with Gasteiger partial charge in [-0.15, -0.1) is 0 Å². The Balaban J connectivity index is 1.67.